The van der Waals surface area contributed by atoms with Gasteiger partial charge >= 0.3 is 5.97 Å². The third-order valence-corrected chi connectivity index (χ3v) is 2.04. The van der Waals surface area contributed by atoms with Gasteiger partial charge in [-0.3, -0.25) is 0 Å². The summed E-state index contributed by atoms with van der Waals surface area (Å²) in [6.45, 7) is 0. The van der Waals surface area contributed by atoms with Crippen LogP contribution in [0, 0.1) is 0 Å². The van der Waals surface area contributed by atoms with E-state index in [0.717, 1.165) is 5.39 Å². The molecule has 1 aromatic heterocycles. The number of hydrogen-bond donors (Lipinski definition) is 2. The number of carboxylic acids is 1. The lowest BCUT2D eigenvalue weighted by atomic mass is 10.1. The monoisotopic (exact) mass is 188 g/mol. The van der Waals surface area contributed by atoms with Crippen molar-refractivity contribution in [2.75, 3.05) is 5.73 Å². The Bertz CT molecular complexity index is 508. The van der Waals surface area contributed by atoms with Gasteiger partial charge in [-0.2, -0.15) is 0 Å². The number of rotatable bonds is 1. The SMILES string of the molecule is Nc1ncc2ccccc2c1C(=O)O. The van der Waals surface area contributed by atoms with Gasteiger partial charge in [0.25, 0.3) is 0 Å². The molecule has 0 fully saturated rings. The van der Waals surface area contributed by atoms with Gasteiger partial charge in [-0.1, -0.05) is 24.3 Å². The molecule has 1 heterocycles. The molecule has 14 heavy (non-hydrogen) atoms. The molecule has 0 aliphatic carbocycles. The van der Waals surface area contributed by atoms with Gasteiger partial charge in [-0.25, -0.2) is 9.78 Å². The Labute approximate surface area is 80.0 Å². The zero-order chi connectivity index (χ0) is 10.1. The van der Waals surface area contributed by atoms with Gasteiger partial charge in [0.1, 0.15) is 11.4 Å². The summed E-state index contributed by atoms with van der Waals surface area (Å²) in [6.07, 6.45) is 1.57. The summed E-state index contributed by atoms with van der Waals surface area (Å²) in [4.78, 5) is 14.7. The van der Waals surface area contributed by atoms with E-state index in [4.69, 9.17) is 10.8 Å². The molecule has 0 atom stereocenters. The molecule has 3 N–H and O–H groups in total. The number of nitrogens with zero attached hydrogens (tertiary/aromatic N) is 1. The van der Waals surface area contributed by atoms with Gasteiger partial charge in [0.05, 0.1) is 0 Å². The van der Waals surface area contributed by atoms with Gasteiger partial charge in [-0.05, 0) is 0 Å². The molecule has 0 bridgehead atoms. The average molecular weight is 188 g/mol. The lowest BCUT2D eigenvalue weighted by Crippen LogP contribution is -2.05. The second kappa shape index (κ2) is 2.99. The number of fused-ring (bicyclic) bond motifs is 1. The summed E-state index contributed by atoms with van der Waals surface area (Å²) in [5.74, 6) is -0.997. The van der Waals surface area contributed by atoms with Gasteiger partial charge in [0.15, 0.2) is 0 Å². The molecule has 0 saturated carbocycles. The molecule has 70 valence electrons. The van der Waals surface area contributed by atoms with Crippen LogP contribution >= 0.6 is 0 Å². The number of carbonyl (C=O) groups is 1. The first-order valence-electron chi connectivity index (χ1n) is 4.06. The van der Waals surface area contributed by atoms with Crippen LogP contribution in [0.5, 0.6) is 0 Å². The molecular weight excluding hydrogens is 180 g/mol. The Morgan fingerprint density at radius 1 is 1.36 bits per heavy atom. The number of aromatic nitrogens is 1. The lowest BCUT2D eigenvalue weighted by Gasteiger charge is -2.03. The largest absolute Gasteiger partial charge is 0.478 e. The second-order valence-corrected chi connectivity index (χ2v) is 2.91. The van der Waals surface area contributed by atoms with Crippen molar-refractivity contribution in [2.24, 2.45) is 0 Å². The molecule has 4 heteroatoms. The third-order valence-electron chi connectivity index (χ3n) is 2.04. The molecule has 2 rings (SSSR count). The maximum Gasteiger partial charge on any atom is 0.340 e. The number of benzene rings is 1. The van der Waals surface area contributed by atoms with E-state index in [2.05, 4.69) is 4.98 Å². The number of carboxylic acid groups (broad SMARTS) is 1. The fourth-order valence-electron chi connectivity index (χ4n) is 1.40. The molecule has 4 nitrogen and oxygen atoms in total. The highest BCUT2D eigenvalue weighted by Gasteiger charge is 2.12. The molecule has 0 unspecified atom stereocenters. The van der Waals surface area contributed by atoms with Crippen molar-refractivity contribution in [2.45, 2.75) is 0 Å². The topological polar surface area (TPSA) is 76.2 Å². The maximum atomic E-state index is 10.9. The molecular formula is C10H8N2O2. The van der Waals surface area contributed by atoms with Crippen LogP contribution < -0.4 is 5.73 Å². The molecule has 0 radical (unpaired) electrons. The minimum atomic E-state index is -1.05. The molecule has 2 aromatic rings. The van der Waals surface area contributed by atoms with E-state index >= 15 is 0 Å². The fourth-order valence-corrected chi connectivity index (χ4v) is 1.40. The number of pyridine rings is 1. The van der Waals surface area contributed by atoms with E-state index in [9.17, 15) is 4.79 Å². The number of hydrogen-bond acceptors (Lipinski definition) is 3. The van der Waals surface area contributed by atoms with Crippen molar-refractivity contribution in [3.63, 3.8) is 0 Å². The predicted octanol–water partition coefficient (Wildman–Crippen LogP) is 1.52. The minimum Gasteiger partial charge on any atom is -0.478 e. The highest BCUT2D eigenvalue weighted by molar-refractivity contribution is 6.06. The average Bonchev–Trinajstić information content (AvgIpc) is 2.17. The van der Waals surface area contributed by atoms with Crippen LogP contribution in [-0.2, 0) is 0 Å². The van der Waals surface area contributed by atoms with E-state index in [1.165, 1.54) is 0 Å². The summed E-state index contributed by atoms with van der Waals surface area (Å²) < 4.78 is 0. The van der Waals surface area contributed by atoms with E-state index in [1.54, 1.807) is 24.4 Å². The van der Waals surface area contributed by atoms with Crippen LogP contribution in [0.1, 0.15) is 10.4 Å². The van der Waals surface area contributed by atoms with Crippen LogP contribution in [0.2, 0.25) is 0 Å². The van der Waals surface area contributed by atoms with E-state index in [-0.39, 0.29) is 11.4 Å². The molecule has 0 aliphatic rings. The molecule has 0 spiro atoms. The Hall–Kier alpha value is -2.10. The zero-order valence-corrected chi connectivity index (χ0v) is 7.27. The van der Waals surface area contributed by atoms with Crippen molar-refractivity contribution in [3.05, 3.63) is 36.0 Å². The van der Waals surface area contributed by atoms with Crippen molar-refractivity contribution in [3.8, 4) is 0 Å². The molecule has 1 aromatic carbocycles. The van der Waals surface area contributed by atoms with Gasteiger partial charge in [0.2, 0.25) is 0 Å². The second-order valence-electron chi connectivity index (χ2n) is 2.91. The van der Waals surface area contributed by atoms with Crippen LogP contribution in [0.4, 0.5) is 5.82 Å². The first kappa shape index (κ1) is 8.50. The van der Waals surface area contributed by atoms with Crippen molar-refractivity contribution < 1.29 is 9.90 Å². The summed E-state index contributed by atoms with van der Waals surface area (Å²) >= 11 is 0. The minimum absolute atomic E-state index is 0.0520. The molecule has 0 amide bonds. The van der Waals surface area contributed by atoms with Gasteiger partial charge in [0, 0.05) is 17.0 Å². The van der Waals surface area contributed by atoms with Crippen molar-refractivity contribution >= 4 is 22.6 Å². The van der Waals surface area contributed by atoms with Gasteiger partial charge < -0.3 is 10.8 Å². The highest BCUT2D eigenvalue weighted by Crippen LogP contribution is 2.21. The quantitative estimate of drug-likeness (QED) is 0.711. The number of aromatic carboxylic acids is 1. The first-order valence-corrected chi connectivity index (χ1v) is 4.06. The van der Waals surface area contributed by atoms with E-state index < -0.39 is 5.97 Å². The maximum absolute atomic E-state index is 10.9. The van der Waals surface area contributed by atoms with Gasteiger partial charge in [-0.15, -0.1) is 0 Å². The Balaban J connectivity index is 2.90. The summed E-state index contributed by atoms with van der Waals surface area (Å²) in [7, 11) is 0. The van der Waals surface area contributed by atoms with E-state index in [1.807, 2.05) is 6.07 Å². The highest BCUT2D eigenvalue weighted by atomic mass is 16.4. The fraction of sp³-hybridized carbons (Fsp3) is 0. The smallest absolute Gasteiger partial charge is 0.340 e. The number of nitrogen functional groups attached to an aromatic ring is 1. The summed E-state index contributed by atoms with van der Waals surface area (Å²) in [5.41, 5.74) is 5.57. The zero-order valence-electron chi connectivity index (χ0n) is 7.27. The van der Waals surface area contributed by atoms with E-state index in [0.29, 0.717) is 5.39 Å². The lowest BCUT2D eigenvalue weighted by molar-refractivity contribution is 0.0700. The van der Waals surface area contributed by atoms with Crippen LogP contribution in [0.15, 0.2) is 30.5 Å². The summed E-state index contributed by atoms with van der Waals surface area (Å²) in [5, 5.41) is 10.3. The molecule has 0 saturated heterocycles. The normalized spacial score (nSPS) is 10.3. The third kappa shape index (κ3) is 1.17. The standard InChI is InChI=1S/C10H8N2O2/c11-9-8(10(13)14)7-4-2-1-3-6(7)5-12-9/h1-5H,(H2,11,12)(H,13,14). The number of nitrogens with two attached hydrogens (primary N) is 1. The first-order chi connectivity index (χ1) is 6.70. The van der Waals surface area contributed by atoms with Crippen LogP contribution in [0.25, 0.3) is 10.8 Å². The Morgan fingerprint density at radius 3 is 2.79 bits per heavy atom. The van der Waals surface area contributed by atoms with Crippen LogP contribution in [-0.4, -0.2) is 16.1 Å². The van der Waals surface area contributed by atoms with Crippen molar-refractivity contribution in [1.29, 1.82) is 0 Å². The van der Waals surface area contributed by atoms with Crippen LogP contribution in [0.3, 0.4) is 0 Å². The molecule has 0 aliphatic heterocycles. The Kier molecular flexibility index (Phi) is 1.81. The van der Waals surface area contributed by atoms with Crippen molar-refractivity contribution in [1.82, 2.24) is 4.98 Å². The Morgan fingerprint density at radius 2 is 2.07 bits per heavy atom. The number of anilines is 1. The predicted molar refractivity (Wildman–Crippen MR) is 53.1 cm³/mol. The summed E-state index contributed by atoms with van der Waals surface area (Å²) in [6, 6.07) is 7.12.